The number of nitrogens with one attached hydrogen (secondary N) is 1. The van der Waals surface area contributed by atoms with Crippen molar-refractivity contribution >= 4 is 33.9 Å². The van der Waals surface area contributed by atoms with E-state index in [9.17, 15) is 0 Å². The summed E-state index contributed by atoms with van der Waals surface area (Å²) in [6, 6.07) is 11.0. The molecule has 1 aliphatic carbocycles. The van der Waals surface area contributed by atoms with Gasteiger partial charge in [0.1, 0.15) is 0 Å². The van der Waals surface area contributed by atoms with Crippen molar-refractivity contribution in [1.29, 1.82) is 0 Å². The molecule has 174 valence electrons. The van der Waals surface area contributed by atoms with Crippen LogP contribution in [0.3, 0.4) is 0 Å². The number of nitrogens with zero attached hydrogens (tertiary/aromatic N) is 5. The third-order valence-electron chi connectivity index (χ3n) is 7.33. The van der Waals surface area contributed by atoms with E-state index in [-0.39, 0.29) is 0 Å². The van der Waals surface area contributed by atoms with E-state index in [0.717, 1.165) is 37.4 Å². The first kappa shape index (κ1) is 22.0. The summed E-state index contributed by atoms with van der Waals surface area (Å²) in [7, 11) is 6.47. The van der Waals surface area contributed by atoms with Gasteiger partial charge in [-0.1, -0.05) is 12.8 Å². The van der Waals surface area contributed by atoms with Gasteiger partial charge in [-0.25, -0.2) is 9.97 Å². The molecule has 5 rings (SSSR count). The average molecular weight is 445 g/mol. The highest BCUT2D eigenvalue weighted by atomic mass is 15.2. The van der Waals surface area contributed by atoms with E-state index in [4.69, 9.17) is 4.98 Å². The fourth-order valence-corrected chi connectivity index (χ4v) is 5.35. The summed E-state index contributed by atoms with van der Waals surface area (Å²) in [5.41, 5.74) is 7.34. The molecule has 1 saturated heterocycles. The first-order valence-corrected chi connectivity index (χ1v) is 12.3. The molecule has 2 heterocycles. The highest BCUT2D eigenvalue weighted by molar-refractivity contribution is 5.91. The highest BCUT2D eigenvalue weighted by Gasteiger charge is 2.25. The van der Waals surface area contributed by atoms with Crippen molar-refractivity contribution in [2.24, 2.45) is 0 Å². The van der Waals surface area contributed by atoms with Crippen LogP contribution < -0.4 is 15.1 Å². The third-order valence-corrected chi connectivity index (χ3v) is 7.33. The molecule has 3 aromatic rings. The zero-order valence-electron chi connectivity index (χ0n) is 20.4. The van der Waals surface area contributed by atoms with Crippen LogP contribution in [0.25, 0.3) is 10.9 Å². The third kappa shape index (κ3) is 4.49. The number of piperazine rings is 1. The van der Waals surface area contributed by atoms with Gasteiger partial charge in [-0.05, 0) is 68.6 Å². The van der Waals surface area contributed by atoms with Crippen molar-refractivity contribution in [3.63, 3.8) is 0 Å². The Balaban J connectivity index is 1.44. The second kappa shape index (κ2) is 9.18. The van der Waals surface area contributed by atoms with Gasteiger partial charge in [0.05, 0.1) is 5.52 Å². The molecule has 0 spiro atoms. The molecule has 2 aliphatic rings. The Bertz CT molecular complexity index is 1110. The lowest BCUT2D eigenvalue weighted by Crippen LogP contribution is -2.44. The number of benzene rings is 2. The lowest BCUT2D eigenvalue weighted by Gasteiger charge is -2.34. The van der Waals surface area contributed by atoms with Crippen LogP contribution in [-0.2, 0) is 0 Å². The Kier molecular flexibility index (Phi) is 6.11. The summed E-state index contributed by atoms with van der Waals surface area (Å²) in [4.78, 5) is 16.8. The van der Waals surface area contributed by atoms with E-state index in [1.807, 2.05) is 6.20 Å². The van der Waals surface area contributed by atoms with E-state index >= 15 is 0 Å². The minimum atomic E-state index is 0.580. The molecule has 0 amide bonds. The summed E-state index contributed by atoms with van der Waals surface area (Å²) in [5.74, 6) is 1.25. The Morgan fingerprint density at radius 3 is 2.36 bits per heavy atom. The van der Waals surface area contributed by atoms with Gasteiger partial charge in [0.2, 0.25) is 5.95 Å². The zero-order chi connectivity index (χ0) is 22.9. The second-order valence-electron chi connectivity index (χ2n) is 9.92. The average Bonchev–Trinajstić information content (AvgIpc) is 3.34. The summed E-state index contributed by atoms with van der Waals surface area (Å²) >= 11 is 0. The molecule has 6 nitrogen and oxygen atoms in total. The van der Waals surface area contributed by atoms with Crippen LogP contribution in [0, 0.1) is 6.92 Å². The Hall–Kier alpha value is -2.86. The van der Waals surface area contributed by atoms with Gasteiger partial charge in [0.25, 0.3) is 0 Å². The van der Waals surface area contributed by atoms with Crippen LogP contribution in [0.4, 0.5) is 23.0 Å². The number of rotatable bonds is 5. The molecule has 0 unspecified atom stereocenters. The molecule has 33 heavy (non-hydrogen) atoms. The molecule has 0 bridgehead atoms. The Morgan fingerprint density at radius 2 is 1.70 bits per heavy atom. The van der Waals surface area contributed by atoms with Gasteiger partial charge >= 0.3 is 0 Å². The maximum absolute atomic E-state index is 5.07. The van der Waals surface area contributed by atoms with Crippen LogP contribution in [0.5, 0.6) is 0 Å². The minimum absolute atomic E-state index is 0.580. The van der Waals surface area contributed by atoms with Crippen LogP contribution >= 0.6 is 0 Å². The SMILES string of the molecule is Cc1cc(N(C)C)c(C2CCCC2)c2nc(Nc3ccc(N4CCN(C)CC4)cc3)ncc12. The first-order chi connectivity index (χ1) is 16.0. The number of aromatic nitrogens is 2. The van der Waals surface area contributed by atoms with Crippen molar-refractivity contribution in [2.75, 3.05) is 62.4 Å². The van der Waals surface area contributed by atoms with Gasteiger partial charge in [0.15, 0.2) is 0 Å². The molecule has 0 atom stereocenters. The minimum Gasteiger partial charge on any atom is -0.377 e. The number of hydrogen-bond acceptors (Lipinski definition) is 6. The lowest BCUT2D eigenvalue weighted by atomic mass is 9.91. The van der Waals surface area contributed by atoms with Crippen LogP contribution in [-0.4, -0.2) is 62.2 Å². The van der Waals surface area contributed by atoms with Crippen molar-refractivity contribution < 1.29 is 0 Å². The van der Waals surface area contributed by atoms with Gasteiger partial charge in [-0.2, -0.15) is 0 Å². The number of aryl methyl sites for hydroxylation is 1. The Morgan fingerprint density at radius 1 is 1.00 bits per heavy atom. The Labute approximate surface area is 197 Å². The van der Waals surface area contributed by atoms with Crippen LogP contribution in [0.15, 0.2) is 36.5 Å². The maximum atomic E-state index is 5.07. The molecule has 2 fully saturated rings. The van der Waals surface area contributed by atoms with Gasteiger partial charge in [0, 0.05) is 74.5 Å². The largest absolute Gasteiger partial charge is 0.377 e. The lowest BCUT2D eigenvalue weighted by molar-refractivity contribution is 0.313. The molecule has 1 aliphatic heterocycles. The van der Waals surface area contributed by atoms with Crippen LogP contribution in [0.2, 0.25) is 0 Å². The summed E-state index contributed by atoms with van der Waals surface area (Å²) in [6.07, 6.45) is 7.11. The van der Waals surface area contributed by atoms with E-state index in [1.54, 1.807) is 0 Å². The first-order valence-electron chi connectivity index (χ1n) is 12.3. The summed E-state index contributed by atoms with van der Waals surface area (Å²) in [6.45, 7) is 6.55. The number of anilines is 4. The van der Waals surface area contributed by atoms with Crippen molar-refractivity contribution in [3.05, 3.63) is 47.7 Å². The smallest absolute Gasteiger partial charge is 0.227 e. The summed E-state index contributed by atoms with van der Waals surface area (Å²) in [5, 5.41) is 4.62. The van der Waals surface area contributed by atoms with Crippen LogP contribution in [0.1, 0.15) is 42.7 Å². The van der Waals surface area contributed by atoms with Gasteiger partial charge < -0.3 is 20.0 Å². The van der Waals surface area contributed by atoms with E-state index in [0.29, 0.717) is 11.9 Å². The molecule has 1 aromatic heterocycles. The molecular formula is C27H36N6. The van der Waals surface area contributed by atoms with E-state index in [2.05, 4.69) is 83.4 Å². The highest BCUT2D eigenvalue weighted by Crippen LogP contribution is 2.43. The van der Waals surface area contributed by atoms with Crippen molar-refractivity contribution in [1.82, 2.24) is 14.9 Å². The summed E-state index contributed by atoms with van der Waals surface area (Å²) < 4.78 is 0. The number of likely N-dealkylation sites (N-methyl/N-ethyl adjacent to an activating group) is 1. The monoisotopic (exact) mass is 444 g/mol. The van der Waals surface area contributed by atoms with E-state index < -0.39 is 0 Å². The number of hydrogen-bond donors (Lipinski definition) is 1. The molecule has 6 heteroatoms. The zero-order valence-corrected chi connectivity index (χ0v) is 20.4. The van der Waals surface area contributed by atoms with Gasteiger partial charge in [-0.3, -0.25) is 0 Å². The number of fused-ring (bicyclic) bond motifs is 1. The topological polar surface area (TPSA) is 47.5 Å². The molecule has 1 N–H and O–H groups in total. The molecule has 2 aromatic carbocycles. The van der Waals surface area contributed by atoms with Crippen molar-refractivity contribution in [2.45, 2.75) is 38.5 Å². The standard InChI is InChI=1S/C27H36N6/c1-19-17-24(31(2)3)25(20-7-5-6-8-20)26-23(19)18-28-27(30-26)29-21-9-11-22(12-10-21)33-15-13-32(4)14-16-33/h9-12,17-18,20H,5-8,13-16H2,1-4H3,(H,28,29,30). The quantitative estimate of drug-likeness (QED) is 0.587. The normalized spacial score (nSPS) is 17.6. The van der Waals surface area contributed by atoms with E-state index in [1.165, 1.54) is 53.6 Å². The molecular weight excluding hydrogens is 408 g/mol. The maximum Gasteiger partial charge on any atom is 0.227 e. The van der Waals surface area contributed by atoms with Crippen molar-refractivity contribution in [3.8, 4) is 0 Å². The molecule has 1 saturated carbocycles. The second-order valence-corrected chi connectivity index (χ2v) is 9.92. The molecule has 0 radical (unpaired) electrons. The predicted octanol–water partition coefficient (Wildman–Crippen LogP) is 5.16. The fraction of sp³-hybridized carbons (Fsp3) is 0.481. The predicted molar refractivity (Wildman–Crippen MR) is 139 cm³/mol. The fourth-order valence-electron chi connectivity index (χ4n) is 5.35. The van der Waals surface area contributed by atoms with Gasteiger partial charge in [-0.15, -0.1) is 0 Å².